The molecule has 0 unspecified atom stereocenters. The highest BCUT2D eigenvalue weighted by molar-refractivity contribution is 9.10. The zero-order valence-corrected chi connectivity index (χ0v) is 21.0. The monoisotopic (exact) mass is 538 g/mol. The highest BCUT2D eigenvalue weighted by Gasteiger charge is 2.34. The molecule has 1 aliphatic rings. The first-order valence-electron chi connectivity index (χ1n) is 9.43. The molecule has 9 heteroatoms. The van der Waals surface area contributed by atoms with Crippen LogP contribution in [0.1, 0.15) is 35.3 Å². The molecule has 2 aromatic carbocycles. The topological polar surface area (TPSA) is 58.6 Å². The number of halogens is 2. The van der Waals surface area contributed by atoms with Crippen molar-refractivity contribution in [1.82, 2.24) is 10.4 Å². The van der Waals surface area contributed by atoms with Crippen molar-refractivity contribution in [3.63, 3.8) is 0 Å². The van der Waals surface area contributed by atoms with Gasteiger partial charge in [-0.25, -0.2) is 0 Å². The minimum atomic E-state index is -0.503. The number of carbonyl (C=O) groups is 2. The molecule has 1 fully saturated rings. The number of hydrazine groups is 1. The SMILES string of the molecule is Cc1ccc(C(=O)NN2C(=O)/C(=C\c3ccc(OCC(C)C)c(Br)c3)SC2=S)c(Cl)c1. The summed E-state index contributed by atoms with van der Waals surface area (Å²) in [6.45, 7) is 6.65. The first-order valence-corrected chi connectivity index (χ1v) is 11.8. The van der Waals surface area contributed by atoms with Gasteiger partial charge in [-0.1, -0.05) is 49.3 Å². The minimum Gasteiger partial charge on any atom is -0.492 e. The molecule has 0 atom stereocenters. The molecule has 1 saturated heterocycles. The van der Waals surface area contributed by atoms with Gasteiger partial charge < -0.3 is 4.74 Å². The predicted octanol–water partition coefficient (Wildman–Crippen LogP) is 5.99. The van der Waals surface area contributed by atoms with E-state index >= 15 is 0 Å². The van der Waals surface area contributed by atoms with Crippen LogP contribution in [0.2, 0.25) is 5.02 Å². The number of hydrogen-bond acceptors (Lipinski definition) is 5. The summed E-state index contributed by atoms with van der Waals surface area (Å²) in [6.07, 6.45) is 1.72. The number of ether oxygens (including phenoxy) is 1. The lowest BCUT2D eigenvalue weighted by atomic mass is 10.1. The van der Waals surface area contributed by atoms with Gasteiger partial charge in [0, 0.05) is 0 Å². The summed E-state index contributed by atoms with van der Waals surface area (Å²) in [5.74, 6) is 0.249. The maximum Gasteiger partial charge on any atom is 0.285 e. The van der Waals surface area contributed by atoms with Gasteiger partial charge in [0.25, 0.3) is 11.8 Å². The largest absolute Gasteiger partial charge is 0.492 e. The number of amides is 2. The van der Waals surface area contributed by atoms with E-state index in [9.17, 15) is 9.59 Å². The van der Waals surface area contributed by atoms with Crippen molar-refractivity contribution in [1.29, 1.82) is 0 Å². The van der Waals surface area contributed by atoms with Crippen LogP contribution in [0.25, 0.3) is 6.08 Å². The molecule has 0 bridgehead atoms. The molecular weight excluding hydrogens is 520 g/mol. The van der Waals surface area contributed by atoms with Crippen LogP contribution in [0.3, 0.4) is 0 Å². The van der Waals surface area contributed by atoms with Crippen LogP contribution < -0.4 is 10.2 Å². The molecule has 0 spiro atoms. The molecule has 1 N–H and O–H groups in total. The molecule has 162 valence electrons. The fourth-order valence-electron chi connectivity index (χ4n) is 2.66. The number of aryl methyl sites for hydroxylation is 1. The second-order valence-corrected chi connectivity index (χ2v) is 10.3. The molecule has 3 rings (SSSR count). The van der Waals surface area contributed by atoms with Crippen LogP contribution in [-0.2, 0) is 4.79 Å². The highest BCUT2D eigenvalue weighted by Crippen LogP contribution is 2.33. The van der Waals surface area contributed by atoms with Crippen molar-refractivity contribution >= 4 is 73.7 Å². The lowest BCUT2D eigenvalue weighted by Crippen LogP contribution is -2.44. The number of rotatable bonds is 6. The van der Waals surface area contributed by atoms with E-state index < -0.39 is 11.8 Å². The Balaban J connectivity index is 1.74. The molecule has 0 aromatic heterocycles. The summed E-state index contributed by atoms with van der Waals surface area (Å²) in [6, 6.07) is 10.6. The Morgan fingerprint density at radius 1 is 1.32 bits per heavy atom. The van der Waals surface area contributed by atoms with E-state index in [4.69, 9.17) is 28.6 Å². The summed E-state index contributed by atoms with van der Waals surface area (Å²) in [5.41, 5.74) is 4.55. The molecule has 0 radical (unpaired) electrons. The van der Waals surface area contributed by atoms with Crippen LogP contribution in [0.15, 0.2) is 45.8 Å². The average Bonchev–Trinajstić information content (AvgIpc) is 2.94. The third-order valence-electron chi connectivity index (χ3n) is 4.20. The standard InChI is InChI=1S/C22H20BrClN2O3S2/c1-12(2)11-29-18-7-5-14(9-16(18)23)10-19-21(28)26(22(30)31-19)25-20(27)15-6-4-13(3)8-17(15)24/h4-10,12H,11H2,1-3H3,(H,25,27)/b19-10+. The minimum absolute atomic E-state index is 0.240. The Kier molecular flexibility index (Phi) is 7.80. The smallest absolute Gasteiger partial charge is 0.285 e. The zero-order valence-electron chi connectivity index (χ0n) is 17.1. The number of carbonyl (C=O) groups excluding carboxylic acids is 2. The van der Waals surface area contributed by atoms with Gasteiger partial charge in [0.05, 0.1) is 26.6 Å². The molecule has 1 heterocycles. The van der Waals surface area contributed by atoms with Gasteiger partial charge in [0.2, 0.25) is 0 Å². The number of nitrogens with zero attached hydrogens (tertiary/aromatic N) is 1. The molecule has 31 heavy (non-hydrogen) atoms. The summed E-state index contributed by atoms with van der Waals surface area (Å²) in [7, 11) is 0. The van der Waals surface area contributed by atoms with Gasteiger partial charge in [0.1, 0.15) is 5.75 Å². The van der Waals surface area contributed by atoms with Crippen LogP contribution in [0.5, 0.6) is 5.75 Å². The van der Waals surface area contributed by atoms with E-state index in [0.29, 0.717) is 22.5 Å². The first kappa shape index (κ1) is 23.8. The molecule has 1 aliphatic heterocycles. The third-order valence-corrected chi connectivity index (χ3v) is 6.44. The van der Waals surface area contributed by atoms with Gasteiger partial charge >= 0.3 is 0 Å². The molecule has 0 aliphatic carbocycles. The van der Waals surface area contributed by atoms with Crippen molar-refractivity contribution < 1.29 is 14.3 Å². The van der Waals surface area contributed by atoms with E-state index in [0.717, 1.165) is 38.1 Å². The Labute approximate surface area is 204 Å². The number of hydrogen-bond donors (Lipinski definition) is 1. The Bertz CT molecular complexity index is 1090. The van der Waals surface area contributed by atoms with Crippen LogP contribution in [-0.4, -0.2) is 27.8 Å². The lowest BCUT2D eigenvalue weighted by molar-refractivity contribution is -0.123. The second-order valence-electron chi connectivity index (χ2n) is 7.34. The Morgan fingerprint density at radius 2 is 2.06 bits per heavy atom. The highest BCUT2D eigenvalue weighted by atomic mass is 79.9. The maximum absolute atomic E-state index is 12.8. The Hall–Kier alpha value is -1.87. The quantitative estimate of drug-likeness (QED) is 0.361. The van der Waals surface area contributed by atoms with Gasteiger partial charge in [-0.05, 0) is 82.5 Å². The summed E-state index contributed by atoms with van der Waals surface area (Å²) in [5, 5.41) is 1.38. The van der Waals surface area contributed by atoms with E-state index in [1.165, 1.54) is 0 Å². The van der Waals surface area contributed by atoms with Crippen LogP contribution >= 0.6 is 51.5 Å². The molecule has 5 nitrogen and oxygen atoms in total. The van der Waals surface area contributed by atoms with Crippen molar-refractivity contribution in [2.24, 2.45) is 5.92 Å². The van der Waals surface area contributed by atoms with Gasteiger partial charge in [-0.3, -0.25) is 15.0 Å². The van der Waals surface area contributed by atoms with E-state index in [-0.39, 0.29) is 9.88 Å². The fourth-order valence-corrected chi connectivity index (χ4v) is 4.67. The number of nitrogens with one attached hydrogen (secondary N) is 1. The molecule has 2 aromatic rings. The zero-order chi connectivity index (χ0) is 22.7. The first-order chi connectivity index (χ1) is 14.7. The van der Waals surface area contributed by atoms with Gasteiger partial charge in [0.15, 0.2) is 4.32 Å². The maximum atomic E-state index is 12.8. The molecule has 0 saturated carbocycles. The van der Waals surface area contributed by atoms with Gasteiger partial charge in [-0.15, -0.1) is 0 Å². The van der Waals surface area contributed by atoms with Crippen LogP contribution in [0.4, 0.5) is 0 Å². The number of benzene rings is 2. The van der Waals surface area contributed by atoms with Crippen molar-refractivity contribution in [3.8, 4) is 5.75 Å². The predicted molar refractivity (Wildman–Crippen MR) is 133 cm³/mol. The third kappa shape index (κ3) is 5.88. The average molecular weight is 540 g/mol. The van der Waals surface area contributed by atoms with E-state index in [2.05, 4.69) is 35.2 Å². The normalized spacial score (nSPS) is 15.2. The van der Waals surface area contributed by atoms with Gasteiger partial charge in [-0.2, -0.15) is 5.01 Å². The van der Waals surface area contributed by atoms with Crippen molar-refractivity contribution in [3.05, 3.63) is 67.5 Å². The molecular formula is C22H20BrClN2O3S2. The summed E-state index contributed by atoms with van der Waals surface area (Å²) < 4.78 is 6.79. The second kappa shape index (κ2) is 10.2. The molecule has 2 amide bonds. The van der Waals surface area contributed by atoms with E-state index in [1.807, 2.05) is 25.1 Å². The van der Waals surface area contributed by atoms with Crippen LogP contribution in [0, 0.1) is 12.8 Å². The number of thioether (sulfide) groups is 1. The van der Waals surface area contributed by atoms with Crippen molar-refractivity contribution in [2.75, 3.05) is 6.61 Å². The Morgan fingerprint density at radius 3 is 2.71 bits per heavy atom. The van der Waals surface area contributed by atoms with E-state index in [1.54, 1.807) is 24.3 Å². The fraction of sp³-hybridized carbons (Fsp3) is 0.227. The number of thiocarbonyl (C=S) groups is 1. The summed E-state index contributed by atoms with van der Waals surface area (Å²) >= 11 is 16.1. The lowest BCUT2D eigenvalue weighted by Gasteiger charge is -2.16. The van der Waals surface area contributed by atoms with Crippen molar-refractivity contribution in [2.45, 2.75) is 20.8 Å². The summed E-state index contributed by atoms with van der Waals surface area (Å²) in [4.78, 5) is 25.8.